The number of fused-ring (bicyclic) bond motifs is 5. The summed E-state index contributed by atoms with van der Waals surface area (Å²) in [5.41, 5.74) is 2.60. The minimum atomic E-state index is 0.715. The van der Waals surface area contributed by atoms with Gasteiger partial charge in [0.1, 0.15) is 10.3 Å². The minimum absolute atomic E-state index is 0.715. The van der Waals surface area contributed by atoms with Crippen molar-refractivity contribution in [3.63, 3.8) is 0 Å². The van der Waals surface area contributed by atoms with Gasteiger partial charge in [0.2, 0.25) is 0 Å². The van der Waals surface area contributed by atoms with Crippen molar-refractivity contribution < 1.29 is 0 Å². The first-order chi connectivity index (χ1) is 12.3. The van der Waals surface area contributed by atoms with Gasteiger partial charge in [0.15, 0.2) is 0 Å². The van der Waals surface area contributed by atoms with E-state index in [1.165, 1.54) is 16.2 Å². The summed E-state index contributed by atoms with van der Waals surface area (Å²) in [6.45, 7) is 0. The highest BCUT2D eigenvalue weighted by molar-refractivity contribution is 9.10. The highest BCUT2D eigenvalue weighted by Gasteiger charge is 2.13. The first-order valence-corrected chi connectivity index (χ1v) is 8.79. The van der Waals surface area contributed by atoms with Crippen molar-refractivity contribution >= 4 is 48.4 Å². The molecule has 0 spiro atoms. The summed E-state index contributed by atoms with van der Waals surface area (Å²) >= 11 is 3.35. The van der Waals surface area contributed by atoms with Crippen molar-refractivity contribution in [3.05, 3.63) is 77.7 Å². The van der Waals surface area contributed by atoms with E-state index < -0.39 is 0 Å². The van der Waals surface area contributed by atoms with Crippen molar-refractivity contribution in [1.82, 2.24) is 15.0 Å². The molecule has 0 amide bonds. The molecule has 0 atom stereocenters. The molecule has 2 aromatic heterocycles. The van der Waals surface area contributed by atoms with Gasteiger partial charge in [-0.1, -0.05) is 54.6 Å². The predicted molar refractivity (Wildman–Crippen MR) is 105 cm³/mol. The molecule has 0 aliphatic carbocycles. The molecule has 0 N–H and O–H groups in total. The quantitative estimate of drug-likeness (QED) is 0.344. The largest absolute Gasteiger partial charge is 0.250 e. The van der Waals surface area contributed by atoms with Crippen LogP contribution >= 0.6 is 15.9 Å². The Morgan fingerprint density at radius 3 is 2.32 bits per heavy atom. The van der Waals surface area contributed by atoms with Gasteiger partial charge in [0, 0.05) is 16.2 Å². The number of aromatic nitrogens is 3. The second-order valence-electron chi connectivity index (χ2n) is 5.91. The van der Waals surface area contributed by atoms with Crippen molar-refractivity contribution in [2.24, 2.45) is 0 Å². The van der Waals surface area contributed by atoms with Crippen LogP contribution in [0.15, 0.2) is 77.7 Å². The average molecular weight is 386 g/mol. The number of para-hydroxylation sites is 1. The molecule has 0 bridgehead atoms. The number of hydrogen-bond acceptors (Lipinski definition) is 3. The Morgan fingerprint density at radius 2 is 1.48 bits per heavy atom. The van der Waals surface area contributed by atoms with Gasteiger partial charge >= 0.3 is 0 Å². The van der Waals surface area contributed by atoms with E-state index in [1.54, 1.807) is 12.4 Å². The van der Waals surface area contributed by atoms with E-state index in [0.29, 0.717) is 4.60 Å². The highest BCUT2D eigenvalue weighted by atomic mass is 79.9. The molecule has 3 aromatic carbocycles. The number of nitrogens with zero attached hydrogens (tertiary/aromatic N) is 3. The van der Waals surface area contributed by atoms with Gasteiger partial charge in [-0.05, 0) is 32.8 Å². The Bertz CT molecular complexity index is 1230. The molecule has 0 unspecified atom stereocenters. The molecule has 4 heteroatoms. The molecular formula is C21H12BrN3. The van der Waals surface area contributed by atoms with Gasteiger partial charge < -0.3 is 0 Å². The molecule has 0 fully saturated rings. The molecule has 0 aliphatic rings. The van der Waals surface area contributed by atoms with E-state index in [-0.39, 0.29) is 0 Å². The molecule has 5 rings (SSSR count). The zero-order valence-electron chi connectivity index (χ0n) is 13.1. The standard InChI is InChI=1S/C21H12BrN3/c22-19-12-23-18(11-24-19)21-16-10-9-13-5-1-2-6-14(13)20(16)15-7-3-4-8-17(15)25-21/h1-12H. The van der Waals surface area contributed by atoms with Crippen LogP contribution in [0.25, 0.3) is 43.8 Å². The molecule has 0 aliphatic heterocycles. The summed E-state index contributed by atoms with van der Waals surface area (Å²) in [7, 11) is 0. The topological polar surface area (TPSA) is 38.7 Å². The molecule has 3 nitrogen and oxygen atoms in total. The Hall–Kier alpha value is -2.85. The molecule has 5 aromatic rings. The Kier molecular flexibility index (Phi) is 3.25. The predicted octanol–water partition coefficient (Wildman–Crippen LogP) is 5.76. The first kappa shape index (κ1) is 14.5. The minimum Gasteiger partial charge on any atom is -0.250 e. The van der Waals surface area contributed by atoms with Gasteiger partial charge in [0.05, 0.1) is 23.6 Å². The number of rotatable bonds is 1. The van der Waals surface area contributed by atoms with E-state index >= 15 is 0 Å². The lowest BCUT2D eigenvalue weighted by atomic mass is 9.97. The molecule has 118 valence electrons. The Labute approximate surface area is 152 Å². The highest BCUT2D eigenvalue weighted by Crippen LogP contribution is 2.36. The maximum atomic E-state index is 4.89. The van der Waals surface area contributed by atoms with Crippen LogP contribution in [0.4, 0.5) is 0 Å². The third-order valence-electron chi connectivity index (χ3n) is 4.45. The van der Waals surface area contributed by atoms with E-state index in [0.717, 1.165) is 27.7 Å². The third-order valence-corrected chi connectivity index (χ3v) is 4.86. The maximum absolute atomic E-state index is 4.89. The SMILES string of the molecule is Brc1cnc(-c2nc3ccccc3c3c2ccc2ccccc23)cn1. The average Bonchev–Trinajstić information content (AvgIpc) is 2.67. The molecule has 2 heterocycles. The van der Waals surface area contributed by atoms with Gasteiger partial charge in [0.25, 0.3) is 0 Å². The Morgan fingerprint density at radius 1 is 0.680 bits per heavy atom. The van der Waals surface area contributed by atoms with E-state index in [1.807, 2.05) is 12.1 Å². The molecule has 0 saturated carbocycles. The van der Waals surface area contributed by atoms with Crippen molar-refractivity contribution in [1.29, 1.82) is 0 Å². The van der Waals surface area contributed by atoms with Crippen LogP contribution in [0, 0.1) is 0 Å². The van der Waals surface area contributed by atoms with Gasteiger partial charge in [-0.25, -0.2) is 9.97 Å². The summed E-state index contributed by atoms with van der Waals surface area (Å²) in [6.07, 6.45) is 3.47. The lowest BCUT2D eigenvalue weighted by Crippen LogP contribution is -1.93. The molecule has 0 radical (unpaired) electrons. The fourth-order valence-electron chi connectivity index (χ4n) is 3.35. The van der Waals surface area contributed by atoms with E-state index in [2.05, 4.69) is 74.4 Å². The zero-order valence-corrected chi connectivity index (χ0v) is 14.7. The van der Waals surface area contributed by atoms with Crippen LogP contribution in [0.2, 0.25) is 0 Å². The van der Waals surface area contributed by atoms with Crippen LogP contribution in [-0.4, -0.2) is 15.0 Å². The zero-order chi connectivity index (χ0) is 16.8. The van der Waals surface area contributed by atoms with Crippen molar-refractivity contribution in [3.8, 4) is 11.4 Å². The summed E-state index contributed by atoms with van der Waals surface area (Å²) in [6, 6.07) is 21.0. The maximum Gasteiger partial charge on any atom is 0.124 e. The summed E-state index contributed by atoms with van der Waals surface area (Å²) in [5, 5.41) is 5.91. The van der Waals surface area contributed by atoms with E-state index in [4.69, 9.17) is 4.98 Å². The second kappa shape index (κ2) is 5.60. The summed E-state index contributed by atoms with van der Waals surface area (Å²) in [4.78, 5) is 13.7. The second-order valence-corrected chi connectivity index (χ2v) is 6.72. The van der Waals surface area contributed by atoms with Crippen molar-refractivity contribution in [2.75, 3.05) is 0 Å². The van der Waals surface area contributed by atoms with Crippen molar-refractivity contribution in [2.45, 2.75) is 0 Å². The lowest BCUT2D eigenvalue weighted by molar-refractivity contribution is 1.16. The van der Waals surface area contributed by atoms with Gasteiger partial charge in [-0.2, -0.15) is 0 Å². The fraction of sp³-hybridized carbons (Fsp3) is 0. The van der Waals surface area contributed by atoms with Crippen LogP contribution in [-0.2, 0) is 0 Å². The monoisotopic (exact) mass is 385 g/mol. The first-order valence-electron chi connectivity index (χ1n) is 7.99. The Balaban J connectivity index is 2.01. The van der Waals surface area contributed by atoms with Crippen LogP contribution in [0.3, 0.4) is 0 Å². The van der Waals surface area contributed by atoms with Gasteiger partial charge in [-0.15, -0.1) is 0 Å². The molecular weight excluding hydrogens is 374 g/mol. The summed E-state index contributed by atoms with van der Waals surface area (Å²) < 4.78 is 0.715. The number of benzene rings is 3. The van der Waals surface area contributed by atoms with Gasteiger partial charge in [-0.3, -0.25) is 4.98 Å². The number of hydrogen-bond donors (Lipinski definition) is 0. The van der Waals surface area contributed by atoms with Crippen LogP contribution in [0.1, 0.15) is 0 Å². The molecule has 0 saturated heterocycles. The lowest BCUT2D eigenvalue weighted by Gasteiger charge is -2.12. The number of halogens is 1. The molecule has 25 heavy (non-hydrogen) atoms. The normalized spacial score (nSPS) is 11.4. The smallest absolute Gasteiger partial charge is 0.124 e. The van der Waals surface area contributed by atoms with Crippen LogP contribution < -0.4 is 0 Å². The fourth-order valence-corrected chi connectivity index (χ4v) is 3.56. The summed E-state index contributed by atoms with van der Waals surface area (Å²) in [5.74, 6) is 0. The number of pyridine rings is 1. The van der Waals surface area contributed by atoms with Crippen LogP contribution in [0.5, 0.6) is 0 Å². The van der Waals surface area contributed by atoms with E-state index in [9.17, 15) is 0 Å². The third kappa shape index (κ3) is 2.29.